The van der Waals surface area contributed by atoms with Crippen molar-refractivity contribution < 1.29 is 28.7 Å². The summed E-state index contributed by atoms with van der Waals surface area (Å²) in [6, 6.07) is 20.1. The molecule has 0 bridgehead atoms. The molecule has 0 aromatic heterocycles. The van der Waals surface area contributed by atoms with Crippen LogP contribution < -0.4 is 5.32 Å². The molecule has 3 aliphatic rings. The monoisotopic (exact) mass is 524 g/mol. The summed E-state index contributed by atoms with van der Waals surface area (Å²) in [6.45, 7) is 0.816. The van der Waals surface area contributed by atoms with Crippen molar-refractivity contribution in [2.45, 2.75) is 37.8 Å². The third-order valence-electron chi connectivity index (χ3n) is 7.65. The average molecular weight is 525 g/mol. The molecule has 1 aliphatic carbocycles. The van der Waals surface area contributed by atoms with Gasteiger partial charge in [0.25, 0.3) is 5.91 Å². The Morgan fingerprint density at radius 3 is 2.56 bits per heavy atom. The second kappa shape index (κ2) is 10.5. The number of hydrogen-bond donors (Lipinski definition) is 1. The van der Waals surface area contributed by atoms with Crippen molar-refractivity contribution in [3.05, 3.63) is 89.0 Å². The molecule has 8 nitrogen and oxygen atoms in total. The van der Waals surface area contributed by atoms with Crippen LogP contribution in [0.15, 0.2) is 66.7 Å². The molecule has 0 spiro atoms. The van der Waals surface area contributed by atoms with Gasteiger partial charge in [0, 0.05) is 17.8 Å². The van der Waals surface area contributed by atoms with Gasteiger partial charge in [-0.15, -0.1) is 0 Å². The van der Waals surface area contributed by atoms with Gasteiger partial charge in [-0.25, -0.2) is 4.79 Å². The van der Waals surface area contributed by atoms with E-state index in [4.69, 9.17) is 9.47 Å². The van der Waals surface area contributed by atoms with E-state index in [0.717, 1.165) is 36.9 Å². The van der Waals surface area contributed by atoms with Crippen molar-refractivity contribution in [2.75, 3.05) is 25.1 Å². The smallest absolute Gasteiger partial charge is 0.338 e. The number of carbonyl (C=O) groups excluding carboxylic acids is 4. The zero-order valence-electron chi connectivity index (χ0n) is 21.4. The highest BCUT2D eigenvalue weighted by Gasteiger charge is 2.39. The number of ether oxygens (including phenoxy) is 2. The predicted molar refractivity (Wildman–Crippen MR) is 143 cm³/mol. The molecule has 2 fully saturated rings. The molecular weight excluding hydrogens is 496 g/mol. The fraction of sp³-hybridized carbons (Fsp3) is 0.290. The number of morpholine rings is 1. The summed E-state index contributed by atoms with van der Waals surface area (Å²) >= 11 is 0. The molecule has 8 heteroatoms. The second-order valence-electron chi connectivity index (χ2n) is 10.2. The molecule has 198 valence electrons. The minimum Gasteiger partial charge on any atom is -0.454 e. The quantitative estimate of drug-likeness (QED) is 0.290. The molecule has 3 aromatic carbocycles. The van der Waals surface area contributed by atoms with Gasteiger partial charge in [0.2, 0.25) is 5.91 Å². The van der Waals surface area contributed by atoms with Crippen LogP contribution in [0.5, 0.6) is 0 Å². The largest absolute Gasteiger partial charge is 0.454 e. The highest BCUT2D eigenvalue weighted by atomic mass is 16.5. The molecular formula is C31H28N2O6. The van der Waals surface area contributed by atoms with Gasteiger partial charge < -0.3 is 19.7 Å². The number of hydrogen-bond acceptors (Lipinski definition) is 6. The highest BCUT2D eigenvalue weighted by molar-refractivity contribution is 6.00. The third kappa shape index (κ3) is 5.07. The topological polar surface area (TPSA) is 102 Å². The van der Waals surface area contributed by atoms with Crippen molar-refractivity contribution in [3.63, 3.8) is 0 Å². The first-order chi connectivity index (χ1) is 19.0. The van der Waals surface area contributed by atoms with E-state index >= 15 is 0 Å². The van der Waals surface area contributed by atoms with E-state index < -0.39 is 12.1 Å². The minimum absolute atomic E-state index is 0.0667. The van der Waals surface area contributed by atoms with E-state index in [1.165, 1.54) is 23.3 Å². The summed E-state index contributed by atoms with van der Waals surface area (Å²) in [5.41, 5.74) is 5.89. The van der Waals surface area contributed by atoms with E-state index in [2.05, 4.69) is 17.4 Å². The van der Waals surface area contributed by atoms with Crippen LogP contribution in [0.1, 0.15) is 51.1 Å². The molecule has 3 aromatic rings. The minimum atomic E-state index is -0.771. The van der Waals surface area contributed by atoms with Gasteiger partial charge >= 0.3 is 5.97 Å². The fourth-order valence-electron chi connectivity index (χ4n) is 5.62. The van der Waals surface area contributed by atoms with Gasteiger partial charge in [0.1, 0.15) is 6.10 Å². The van der Waals surface area contributed by atoms with Crippen LogP contribution >= 0.6 is 0 Å². The normalized spacial score (nSPS) is 19.2. The Labute approximate surface area is 225 Å². The van der Waals surface area contributed by atoms with E-state index in [1.54, 1.807) is 18.2 Å². The maximum atomic E-state index is 12.7. The molecule has 2 aliphatic heterocycles. The van der Waals surface area contributed by atoms with Crippen molar-refractivity contribution in [1.29, 1.82) is 0 Å². The maximum Gasteiger partial charge on any atom is 0.338 e. The number of carbonyl (C=O) groups is 4. The van der Waals surface area contributed by atoms with E-state index in [1.807, 2.05) is 29.2 Å². The molecule has 6 rings (SSSR count). The summed E-state index contributed by atoms with van der Waals surface area (Å²) in [6.07, 6.45) is 1.84. The van der Waals surface area contributed by atoms with Crippen LogP contribution in [0, 0.1) is 0 Å². The summed E-state index contributed by atoms with van der Waals surface area (Å²) in [4.78, 5) is 52.1. The Kier molecular flexibility index (Phi) is 6.70. The number of rotatable bonds is 7. The van der Waals surface area contributed by atoms with Crippen molar-refractivity contribution >= 4 is 29.3 Å². The van der Waals surface area contributed by atoms with E-state index in [9.17, 15) is 19.2 Å². The molecule has 2 saturated heterocycles. The Balaban J connectivity index is 0.998. The first-order valence-electron chi connectivity index (χ1n) is 13.2. The lowest BCUT2D eigenvalue weighted by Crippen LogP contribution is -2.51. The van der Waals surface area contributed by atoms with Crippen LogP contribution in [0.2, 0.25) is 0 Å². The second-order valence-corrected chi connectivity index (χ2v) is 10.2. The van der Waals surface area contributed by atoms with Crippen molar-refractivity contribution in [1.82, 2.24) is 4.90 Å². The number of ketones is 1. The van der Waals surface area contributed by atoms with Crippen LogP contribution in [0.25, 0.3) is 11.1 Å². The zero-order chi connectivity index (χ0) is 26.9. The predicted octanol–water partition coefficient (Wildman–Crippen LogP) is 4.02. The number of nitrogens with zero attached hydrogens (tertiary/aromatic N) is 1. The summed E-state index contributed by atoms with van der Waals surface area (Å²) in [7, 11) is 0. The summed E-state index contributed by atoms with van der Waals surface area (Å²) < 4.78 is 10.9. The van der Waals surface area contributed by atoms with E-state index in [-0.39, 0.29) is 42.2 Å². The van der Waals surface area contributed by atoms with Crippen LogP contribution in [-0.4, -0.2) is 60.4 Å². The Morgan fingerprint density at radius 1 is 0.949 bits per heavy atom. The molecule has 1 N–H and O–H groups in total. The summed E-state index contributed by atoms with van der Waals surface area (Å²) in [5, 5.41) is 2.74. The molecule has 2 amide bonds. The lowest BCUT2D eigenvalue weighted by molar-refractivity contribution is -0.158. The number of benzene rings is 3. The number of fused-ring (bicyclic) bond motifs is 4. The highest BCUT2D eigenvalue weighted by Crippen LogP contribution is 2.36. The molecule has 0 radical (unpaired) electrons. The van der Waals surface area contributed by atoms with Gasteiger partial charge in [-0.2, -0.15) is 0 Å². The maximum absolute atomic E-state index is 12.7. The Bertz CT molecular complexity index is 1460. The number of esters is 1. The van der Waals surface area contributed by atoms with Gasteiger partial charge in [-0.1, -0.05) is 36.4 Å². The molecule has 2 atom stereocenters. The molecule has 2 heterocycles. The number of anilines is 1. The first-order valence-corrected chi connectivity index (χ1v) is 13.2. The van der Waals surface area contributed by atoms with Crippen LogP contribution in [-0.2, 0) is 25.5 Å². The standard InChI is InChI=1S/C31H28N2O6/c34-27(21-9-12-26-22(15-21)14-20-4-1-2-6-25(20)26)18-39-31(37)19-7-10-23(11-8-19)32-29(35)16-28-30(36)33-13-3-5-24(33)17-38-28/h1-2,4,6-12,15,24,28H,3,5,13-14,16-18H2,(H,32,35). The molecule has 0 saturated carbocycles. The lowest BCUT2D eigenvalue weighted by Gasteiger charge is -2.34. The number of Topliss-reactive ketones (excluding diaryl/α,β-unsaturated/α-hetero) is 1. The third-order valence-corrected chi connectivity index (χ3v) is 7.65. The lowest BCUT2D eigenvalue weighted by atomic mass is 10.0. The summed E-state index contributed by atoms with van der Waals surface area (Å²) in [5.74, 6) is -1.37. The van der Waals surface area contributed by atoms with Crippen LogP contribution in [0.4, 0.5) is 5.69 Å². The average Bonchev–Trinajstić information content (AvgIpc) is 3.58. The van der Waals surface area contributed by atoms with Gasteiger partial charge in [0.05, 0.1) is 24.6 Å². The molecule has 2 unspecified atom stereocenters. The number of nitrogens with one attached hydrogen (secondary N) is 1. The van der Waals surface area contributed by atoms with Gasteiger partial charge in [-0.3, -0.25) is 14.4 Å². The van der Waals surface area contributed by atoms with E-state index in [0.29, 0.717) is 17.9 Å². The zero-order valence-corrected chi connectivity index (χ0v) is 21.4. The Morgan fingerprint density at radius 2 is 1.72 bits per heavy atom. The van der Waals surface area contributed by atoms with Gasteiger partial charge in [0.15, 0.2) is 12.4 Å². The first kappa shape index (κ1) is 25.0. The van der Waals surface area contributed by atoms with Crippen molar-refractivity contribution in [3.8, 4) is 11.1 Å². The SMILES string of the molecule is O=C(CC1OCC2CCCN2C1=O)Nc1ccc(C(=O)OCC(=O)c2ccc3c(c2)Cc2ccccc2-3)cc1. The number of amides is 2. The van der Waals surface area contributed by atoms with Crippen LogP contribution in [0.3, 0.4) is 0 Å². The molecule has 39 heavy (non-hydrogen) atoms. The Hall–Kier alpha value is -4.30. The van der Waals surface area contributed by atoms with Gasteiger partial charge in [-0.05, 0) is 71.8 Å². The fourth-order valence-corrected chi connectivity index (χ4v) is 5.62. The van der Waals surface area contributed by atoms with Crippen molar-refractivity contribution in [2.24, 2.45) is 0 Å².